The third kappa shape index (κ3) is 4.19. The summed E-state index contributed by atoms with van der Waals surface area (Å²) in [5, 5.41) is 3.21. The molecule has 0 bridgehead atoms. The van der Waals surface area contributed by atoms with Gasteiger partial charge in [0.1, 0.15) is 0 Å². The number of allylic oxidation sites excluding steroid dienone is 5. The van der Waals surface area contributed by atoms with Crippen LogP contribution in [0, 0.1) is 5.92 Å². The zero-order valence-corrected chi connectivity index (χ0v) is 12.0. The fraction of sp³-hybridized carbons (Fsp3) is 0.500. The van der Waals surface area contributed by atoms with Crippen molar-refractivity contribution in [3.8, 4) is 0 Å². The summed E-state index contributed by atoms with van der Waals surface area (Å²) in [6, 6.07) is 0. The topological polar surface area (TPSA) is 15.3 Å². The SMILES string of the molecule is C=CC(CNC)CN(C(=C)C)C1=CC=C(C)CC1. The predicted octanol–water partition coefficient (Wildman–Crippen LogP) is 3.47. The molecule has 0 saturated carbocycles. The Morgan fingerprint density at radius 1 is 1.50 bits per heavy atom. The minimum atomic E-state index is 0.444. The molecule has 0 amide bonds. The Morgan fingerprint density at radius 3 is 2.67 bits per heavy atom. The number of nitrogens with one attached hydrogen (secondary N) is 1. The molecule has 2 nitrogen and oxygen atoms in total. The highest BCUT2D eigenvalue weighted by Crippen LogP contribution is 2.24. The monoisotopic (exact) mass is 246 g/mol. The van der Waals surface area contributed by atoms with E-state index in [0.717, 1.165) is 31.6 Å². The van der Waals surface area contributed by atoms with Crippen molar-refractivity contribution < 1.29 is 0 Å². The van der Waals surface area contributed by atoms with Crippen LogP contribution in [0.15, 0.2) is 48.4 Å². The lowest BCUT2D eigenvalue weighted by Gasteiger charge is -2.32. The summed E-state index contributed by atoms with van der Waals surface area (Å²) in [7, 11) is 1.98. The summed E-state index contributed by atoms with van der Waals surface area (Å²) >= 11 is 0. The molecule has 18 heavy (non-hydrogen) atoms. The average Bonchev–Trinajstić information content (AvgIpc) is 2.35. The van der Waals surface area contributed by atoms with Crippen molar-refractivity contribution in [2.75, 3.05) is 20.1 Å². The van der Waals surface area contributed by atoms with Gasteiger partial charge in [0.25, 0.3) is 0 Å². The quantitative estimate of drug-likeness (QED) is 0.692. The lowest BCUT2D eigenvalue weighted by Crippen LogP contribution is -2.31. The Morgan fingerprint density at radius 2 is 2.22 bits per heavy atom. The van der Waals surface area contributed by atoms with Gasteiger partial charge in [-0.05, 0) is 39.8 Å². The molecule has 100 valence electrons. The lowest BCUT2D eigenvalue weighted by molar-refractivity contribution is 0.359. The fourth-order valence-corrected chi connectivity index (χ4v) is 2.19. The van der Waals surface area contributed by atoms with Gasteiger partial charge in [0.05, 0.1) is 0 Å². The van der Waals surface area contributed by atoms with Crippen LogP contribution in [0.1, 0.15) is 26.7 Å². The van der Waals surface area contributed by atoms with Crippen LogP contribution in [0.4, 0.5) is 0 Å². The van der Waals surface area contributed by atoms with Crippen molar-refractivity contribution in [1.29, 1.82) is 0 Å². The number of hydrogen-bond donors (Lipinski definition) is 1. The van der Waals surface area contributed by atoms with Gasteiger partial charge in [-0.2, -0.15) is 0 Å². The second-order valence-corrected chi connectivity index (χ2v) is 5.07. The van der Waals surface area contributed by atoms with E-state index in [0.29, 0.717) is 5.92 Å². The Hall–Kier alpha value is -1.28. The molecule has 0 saturated heterocycles. The standard InChI is InChI=1S/C16H26N2/c1-6-15(11-17-5)12-18(13(2)3)16-9-7-14(4)8-10-16/h6-7,9,15,17H,1-2,8,10-12H2,3-5H3. The molecule has 0 aromatic rings. The molecule has 1 rings (SSSR count). The first-order valence-electron chi connectivity index (χ1n) is 6.65. The first-order chi connectivity index (χ1) is 8.58. The van der Waals surface area contributed by atoms with Crippen LogP contribution in [0.25, 0.3) is 0 Å². The van der Waals surface area contributed by atoms with Gasteiger partial charge in [-0.1, -0.05) is 24.3 Å². The molecule has 1 aliphatic carbocycles. The highest BCUT2D eigenvalue weighted by atomic mass is 15.1. The zero-order valence-electron chi connectivity index (χ0n) is 12.0. The zero-order chi connectivity index (χ0) is 13.5. The highest BCUT2D eigenvalue weighted by molar-refractivity contribution is 5.24. The van der Waals surface area contributed by atoms with E-state index >= 15 is 0 Å². The Labute approximate surface area is 112 Å². The Bertz CT molecular complexity index is 363. The smallest absolute Gasteiger partial charge is 0.0299 e. The van der Waals surface area contributed by atoms with Gasteiger partial charge < -0.3 is 10.2 Å². The molecule has 0 aromatic heterocycles. The van der Waals surface area contributed by atoms with Crippen LogP contribution in [0.2, 0.25) is 0 Å². The fourth-order valence-electron chi connectivity index (χ4n) is 2.19. The minimum absolute atomic E-state index is 0.444. The summed E-state index contributed by atoms with van der Waals surface area (Å²) < 4.78 is 0. The van der Waals surface area contributed by atoms with E-state index in [9.17, 15) is 0 Å². The van der Waals surface area contributed by atoms with Gasteiger partial charge >= 0.3 is 0 Å². The normalized spacial score (nSPS) is 16.6. The highest BCUT2D eigenvalue weighted by Gasteiger charge is 2.16. The molecule has 0 fully saturated rings. The first-order valence-corrected chi connectivity index (χ1v) is 6.65. The lowest BCUT2D eigenvalue weighted by atomic mass is 10.0. The van der Waals surface area contributed by atoms with E-state index in [-0.39, 0.29) is 0 Å². The van der Waals surface area contributed by atoms with E-state index in [1.807, 2.05) is 13.1 Å². The average molecular weight is 246 g/mol. The second-order valence-electron chi connectivity index (χ2n) is 5.07. The molecule has 1 unspecified atom stereocenters. The van der Waals surface area contributed by atoms with Gasteiger partial charge in [0.2, 0.25) is 0 Å². The molecule has 1 N–H and O–H groups in total. The predicted molar refractivity (Wildman–Crippen MR) is 80.2 cm³/mol. The molecular weight excluding hydrogens is 220 g/mol. The van der Waals surface area contributed by atoms with Crippen LogP contribution < -0.4 is 5.32 Å². The van der Waals surface area contributed by atoms with Gasteiger partial charge in [-0.3, -0.25) is 0 Å². The van der Waals surface area contributed by atoms with E-state index < -0.39 is 0 Å². The third-order valence-corrected chi connectivity index (χ3v) is 3.36. The van der Waals surface area contributed by atoms with Gasteiger partial charge in [-0.25, -0.2) is 0 Å². The van der Waals surface area contributed by atoms with Crippen molar-refractivity contribution in [1.82, 2.24) is 10.2 Å². The molecule has 2 heteroatoms. The number of nitrogens with zero attached hydrogens (tertiary/aromatic N) is 1. The summed E-state index contributed by atoms with van der Waals surface area (Å²) in [5.41, 5.74) is 3.93. The van der Waals surface area contributed by atoms with Gasteiger partial charge in [-0.15, -0.1) is 6.58 Å². The number of hydrogen-bond acceptors (Lipinski definition) is 2. The molecule has 0 aromatic carbocycles. The summed E-state index contributed by atoms with van der Waals surface area (Å²) in [6.07, 6.45) is 8.73. The maximum absolute atomic E-state index is 4.11. The molecular formula is C16H26N2. The Balaban J connectivity index is 2.77. The van der Waals surface area contributed by atoms with Crippen LogP contribution in [0.3, 0.4) is 0 Å². The maximum atomic E-state index is 4.11. The molecule has 0 spiro atoms. The van der Waals surface area contributed by atoms with E-state index in [1.54, 1.807) is 0 Å². The van der Waals surface area contributed by atoms with Gasteiger partial charge in [0, 0.05) is 30.4 Å². The molecule has 0 aliphatic heterocycles. The molecule has 1 aliphatic rings. The summed E-state index contributed by atoms with van der Waals surface area (Å²) in [5.74, 6) is 0.444. The van der Waals surface area contributed by atoms with Crippen molar-refractivity contribution >= 4 is 0 Å². The molecule has 1 atom stereocenters. The summed E-state index contributed by atoms with van der Waals surface area (Å²) in [6.45, 7) is 14.2. The van der Waals surface area contributed by atoms with Gasteiger partial charge in [0.15, 0.2) is 0 Å². The summed E-state index contributed by atoms with van der Waals surface area (Å²) in [4.78, 5) is 2.33. The van der Waals surface area contributed by atoms with E-state index in [1.165, 1.54) is 11.3 Å². The van der Waals surface area contributed by atoms with Crippen LogP contribution in [0.5, 0.6) is 0 Å². The van der Waals surface area contributed by atoms with Crippen LogP contribution in [-0.2, 0) is 0 Å². The second kappa shape index (κ2) is 7.22. The number of rotatable bonds is 7. The Kier molecular flexibility index (Phi) is 5.93. The van der Waals surface area contributed by atoms with Crippen LogP contribution >= 0.6 is 0 Å². The van der Waals surface area contributed by atoms with Crippen molar-refractivity contribution in [3.63, 3.8) is 0 Å². The first kappa shape index (κ1) is 14.8. The van der Waals surface area contributed by atoms with E-state index in [2.05, 4.69) is 49.4 Å². The molecule has 0 radical (unpaired) electrons. The van der Waals surface area contributed by atoms with Crippen molar-refractivity contribution in [2.45, 2.75) is 26.7 Å². The van der Waals surface area contributed by atoms with Crippen LogP contribution in [-0.4, -0.2) is 25.0 Å². The van der Waals surface area contributed by atoms with E-state index in [4.69, 9.17) is 0 Å². The maximum Gasteiger partial charge on any atom is 0.0299 e. The minimum Gasteiger partial charge on any atom is -0.349 e. The van der Waals surface area contributed by atoms with Crippen molar-refractivity contribution in [3.05, 3.63) is 48.4 Å². The largest absolute Gasteiger partial charge is 0.349 e. The van der Waals surface area contributed by atoms with Crippen molar-refractivity contribution in [2.24, 2.45) is 5.92 Å². The molecule has 0 heterocycles. The third-order valence-electron chi connectivity index (χ3n) is 3.36.